The molecule has 0 aliphatic heterocycles. The standard InChI is InChI=1S/C21H25N3O3/c1-5-21(3,4)24-20(27)15-9-11-17(12-10-15)23-19(26)16-7-6-8-18(13-16)22-14(2)25/h6-13H,5H2,1-4H3,(H,22,25)(H,23,26)(H,24,27). The Hall–Kier alpha value is -3.15. The maximum atomic E-state index is 12.4. The third-order valence-corrected chi connectivity index (χ3v) is 4.19. The van der Waals surface area contributed by atoms with Gasteiger partial charge in [-0.25, -0.2) is 0 Å². The molecule has 2 aromatic rings. The van der Waals surface area contributed by atoms with Crippen LogP contribution in [-0.2, 0) is 4.79 Å². The van der Waals surface area contributed by atoms with Crippen LogP contribution in [0.2, 0.25) is 0 Å². The van der Waals surface area contributed by atoms with Gasteiger partial charge in [0.1, 0.15) is 0 Å². The molecule has 0 bridgehead atoms. The minimum Gasteiger partial charge on any atom is -0.347 e. The number of benzene rings is 2. The Bertz CT molecular complexity index is 842. The summed E-state index contributed by atoms with van der Waals surface area (Å²) in [6.07, 6.45) is 0.824. The zero-order valence-corrected chi connectivity index (χ0v) is 16.1. The Labute approximate surface area is 159 Å². The highest BCUT2D eigenvalue weighted by Crippen LogP contribution is 2.15. The van der Waals surface area contributed by atoms with Gasteiger partial charge in [-0.15, -0.1) is 0 Å². The van der Waals surface area contributed by atoms with E-state index in [0.29, 0.717) is 22.5 Å². The van der Waals surface area contributed by atoms with Crippen LogP contribution >= 0.6 is 0 Å². The monoisotopic (exact) mass is 367 g/mol. The van der Waals surface area contributed by atoms with Crippen LogP contribution in [0.4, 0.5) is 11.4 Å². The number of carbonyl (C=O) groups is 3. The second kappa shape index (κ2) is 8.49. The van der Waals surface area contributed by atoms with Crippen LogP contribution in [0.25, 0.3) is 0 Å². The summed E-state index contributed by atoms with van der Waals surface area (Å²) >= 11 is 0. The summed E-state index contributed by atoms with van der Waals surface area (Å²) in [5.74, 6) is -0.651. The lowest BCUT2D eigenvalue weighted by atomic mass is 10.0. The Morgan fingerprint density at radius 3 is 2.11 bits per heavy atom. The first kappa shape index (κ1) is 20.2. The lowest BCUT2D eigenvalue weighted by Crippen LogP contribution is -2.42. The average Bonchev–Trinajstić information content (AvgIpc) is 2.61. The van der Waals surface area contributed by atoms with Gasteiger partial charge in [0.05, 0.1) is 0 Å². The fraction of sp³-hybridized carbons (Fsp3) is 0.286. The van der Waals surface area contributed by atoms with E-state index in [-0.39, 0.29) is 23.3 Å². The van der Waals surface area contributed by atoms with Crippen LogP contribution in [0.15, 0.2) is 48.5 Å². The molecule has 0 heterocycles. The molecule has 3 amide bonds. The molecule has 6 heteroatoms. The van der Waals surface area contributed by atoms with Gasteiger partial charge in [-0.1, -0.05) is 13.0 Å². The van der Waals surface area contributed by atoms with Gasteiger partial charge in [0.15, 0.2) is 0 Å². The zero-order chi connectivity index (χ0) is 20.0. The third-order valence-electron chi connectivity index (χ3n) is 4.19. The van der Waals surface area contributed by atoms with Crippen molar-refractivity contribution >= 4 is 29.1 Å². The van der Waals surface area contributed by atoms with Crippen molar-refractivity contribution in [2.75, 3.05) is 10.6 Å². The van der Waals surface area contributed by atoms with Crippen LogP contribution in [0.5, 0.6) is 0 Å². The van der Waals surface area contributed by atoms with Crippen LogP contribution in [-0.4, -0.2) is 23.3 Å². The van der Waals surface area contributed by atoms with Gasteiger partial charge in [0.2, 0.25) is 5.91 Å². The molecule has 0 aliphatic carbocycles. The second-order valence-electron chi connectivity index (χ2n) is 6.99. The van der Waals surface area contributed by atoms with Gasteiger partial charge in [0.25, 0.3) is 11.8 Å². The molecule has 0 aromatic heterocycles. The largest absolute Gasteiger partial charge is 0.347 e. The number of nitrogens with one attached hydrogen (secondary N) is 3. The Morgan fingerprint density at radius 2 is 1.52 bits per heavy atom. The van der Waals surface area contributed by atoms with Crippen molar-refractivity contribution in [3.63, 3.8) is 0 Å². The van der Waals surface area contributed by atoms with Gasteiger partial charge >= 0.3 is 0 Å². The predicted octanol–water partition coefficient (Wildman–Crippen LogP) is 3.82. The molecular weight excluding hydrogens is 342 g/mol. The third kappa shape index (κ3) is 5.95. The number of hydrogen-bond donors (Lipinski definition) is 3. The highest BCUT2D eigenvalue weighted by Gasteiger charge is 2.18. The smallest absolute Gasteiger partial charge is 0.255 e. The van der Waals surface area contributed by atoms with E-state index < -0.39 is 0 Å². The van der Waals surface area contributed by atoms with Crippen LogP contribution in [0, 0.1) is 0 Å². The zero-order valence-electron chi connectivity index (χ0n) is 16.1. The van der Waals surface area contributed by atoms with E-state index in [4.69, 9.17) is 0 Å². The van der Waals surface area contributed by atoms with Crippen LogP contribution in [0.1, 0.15) is 54.8 Å². The minimum absolute atomic E-state index is 0.150. The van der Waals surface area contributed by atoms with Gasteiger partial charge in [-0.05, 0) is 62.7 Å². The first-order chi connectivity index (χ1) is 12.7. The van der Waals surface area contributed by atoms with Gasteiger partial charge in [0, 0.05) is 35.0 Å². The van der Waals surface area contributed by atoms with Gasteiger partial charge in [-0.3, -0.25) is 14.4 Å². The topological polar surface area (TPSA) is 87.3 Å². The molecule has 0 radical (unpaired) electrons. The van der Waals surface area contributed by atoms with Crippen molar-refractivity contribution in [3.8, 4) is 0 Å². The molecule has 0 aliphatic rings. The summed E-state index contributed by atoms with van der Waals surface area (Å²) in [7, 11) is 0. The van der Waals surface area contributed by atoms with E-state index in [2.05, 4.69) is 16.0 Å². The second-order valence-corrected chi connectivity index (χ2v) is 6.99. The lowest BCUT2D eigenvalue weighted by Gasteiger charge is -2.24. The van der Waals surface area contributed by atoms with Gasteiger partial charge in [-0.2, -0.15) is 0 Å². The van der Waals surface area contributed by atoms with Crippen molar-refractivity contribution in [1.29, 1.82) is 0 Å². The Kier molecular flexibility index (Phi) is 6.34. The molecule has 27 heavy (non-hydrogen) atoms. The molecule has 0 atom stereocenters. The van der Waals surface area contributed by atoms with Crippen molar-refractivity contribution < 1.29 is 14.4 Å². The summed E-state index contributed by atoms with van der Waals surface area (Å²) in [5.41, 5.74) is 1.81. The van der Waals surface area contributed by atoms with Crippen LogP contribution in [0.3, 0.4) is 0 Å². The first-order valence-electron chi connectivity index (χ1n) is 8.82. The number of carbonyl (C=O) groups excluding carboxylic acids is 3. The minimum atomic E-state index is -0.300. The molecule has 0 fully saturated rings. The molecule has 2 rings (SSSR count). The van der Waals surface area contributed by atoms with Crippen molar-refractivity contribution in [2.24, 2.45) is 0 Å². The maximum absolute atomic E-state index is 12.4. The molecular formula is C21H25N3O3. The number of amides is 3. The summed E-state index contributed by atoms with van der Waals surface area (Å²) < 4.78 is 0. The maximum Gasteiger partial charge on any atom is 0.255 e. The Morgan fingerprint density at radius 1 is 0.852 bits per heavy atom. The SMILES string of the molecule is CCC(C)(C)NC(=O)c1ccc(NC(=O)c2cccc(NC(C)=O)c2)cc1. The van der Waals surface area contributed by atoms with E-state index in [9.17, 15) is 14.4 Å². The molecule has 142 valence electrons. The van der Waals surface area contributed by atoms with E-state index >= 15 is 0 Å². The van der Waals surface area contributed by atoms with E-state index in [1.165, 1.54) is 6.92 Å². The highest BCUT2D eigenvalue weighted by molar-refractivity contribution is 6.05. The molecule has 0 saturated carbocycles. The Balaban J connectivity index is 2.05. The van der Waals surface area contributed by atoms with E-state index in [1.807, 2.05) is 20.8 Å². The van der Waals surface area contributed by atoms with E-state index in [0.717, 1.165) is 6.42 Å². The molecule has 0 spiro atoms. The predicted molar refractivity (Wildman–Crippen MR) is 107 cm³/mol. The van der Waals surface area contributed by atoms with Crippen LogP contribution < -0.4 is 16.0 Å². The molecule has 2 aromatic carbocycles. The highest BCUT2D eigenvalue weighted by atomic mass is 16.2. The van der Waals surface area contributed by atoms with Gasteiger partial charge < -0.3 is 16.0 Å². The van der Waals surface area contributed by atoms with Crippen molar-refractivity contribution in [3.05, 3.63) is 59.7 Å². The van der Waals surface area contributed by atoms with Crippen molar-refractivity contribution in [2.45, 2.75) is 39.7 Å². The molecule has 6 nitrogen and oxygen atoms in total. The lowest BCUT2D eigenvalue weighted by molar-refractivity contribution is -0.114. The average molecular weight is 367 g/mol. The van der Waals surface area contributed by atoms with E-state index in [1.54, 1.807) is 48.5 Å². The molecule has 3 N–H and O–H groups in total. The first-order valence-corrected chi connectivity index (χ1v) is 8.82. The number of anilines is 2. The number of rotatable bonds is 6. The summed E-state index contributed by atoms with van der Waals surface area (Å²) in [4.78, 5) is 35.8. The fourth-order valence-electron chi connectivity index (χ4n) is 2.32. The van der Waals surface area contributed by atoms with Crippen molar-refractivity contribution in [1.82, 2.24) is 5.32 Å². The summed E-state index contributed by atoms with van der Waals surface area (Å²) in [5, 5.41) is 8.39. The number of hydrogen-bond acceptors (Lipinski definition) is 3. The molecule has 0 saturated heterocycles. The normalized spacial score (nSPS) is 10.8. The quantitative estimate of drug-likeness (QED) is 0.725. The molecule has 0 unspecified atom stereocenters. The fourth-order valence-corrected chi connectivity index (χ4v) is 2.32. The summed E-state index contributed by atoms with van der Waals surface area (Å²) in [6.45, 7) is 7.36. The summed E-state index contributed by atoms with van der Waals surface area (Å²) in [6, 6.07) is 13.4.